The fraction of sp³-hybridized carbons (Fsp3) is 0.200. The topological polar surface area (TPSA) is 58.9 Å². The third kappa shape index (κ3) is 4.76. The van der Waals surface area contributed by atoms with Gasteiger partial charge in [-0.2, -0.15) is 6.92 Å². The Morgan fingerprint density at radius 1 is 1.60 bits per heavy atom. The number of H-pyrrole nitrogens is 1. The summed E-state index contributed by atoms with van der Waals surface area (Å²) >= 11 is 0. The van der Waals surface area contributed by atoms with Crippen molar-refractivity contribution in [1.82, 2.24) is 10.1 Å². The number of hydrogen-bond donors (Lipinski definition) is 1. The average Bonchev–Trinajstić information content (AvgIpc) is 2.20. The zero-order valence-electron chi connectivity index (χ0n) is 5.76. The zero-order chi connectivity index (χ0) is 7.28. The van der Waals surface area contributed by atoms with E-state index in [1.807, 2.05) is 0 Å². The van der Waals surface area contributed by atoms with Crippen molar-refractivity contribution in [3.8, 4) is 0 Å². The summed E-state index contributed by atoms with van der Waals surface area (Å²) in [6.07, 6.45) is 0. The van der Waals surface area contributed by atoms with Gasteiger partial charge in [0.05, 0.1) is 0 Å². The molecule has 1 aromatic rings. The van der Waals surface area contributed by atoms with Gasteiger partial charge in [-0.15, -0.1) is 0 Å². The summed E-state index contributed by atoms with van der Waals surface area (Å²) < 4.78 is 4.04. The van der Waals surface area contributed by atoms with Gasteiger partial charge < -0.3 is 18.8 Å². The molecule has 1 radical (unpaired) electrons. The molecule has 0 atom stereocenters. The van der Waals surface area contributed by atoms with Crippen LogP contribution in [0.5, 0.6) is 0 Å². The summed E-state index contributed by atoms with van der Waals surface area (Å²) in [6, 6.07) is 0. The van der Waals surface area contributed by atoms with Crippen molar-refractivity contribution in [2.45, 2.75) is 6.92 Å². The molecule has 4 nitrogen and oxygen atoms in total. The van der Waals surface area contributed by atoms with Crippen LogP contribution in [0.4, 0.5) is 0 Å². The van der Waals surface area contributed by atoms with Crippen molar-refractivity contribution in [3.63, 3.8) is 0 Å². The maximum atomic E-state index is 9.97. The molecule has 0 aromatic carbocycles. The molecule has 0 aliphatic carbocycles. The number of rotatable bonds is 0. The molecule has 0 amide bonds. The predicted molar refractivity (Wildman–Crippen MR) is 32.6 cm³/mol. The molecule has 0 aliphatic rings. The first-order valence-electron chi connectivity index (χ1n) is 2.38. The molecule has 1 aromatic heterocycles. The smallest absolute Gasteiger partial charge is 0.346 e. The minimum absolute atomic E-state index is 0. The Bertz CT molecular complexity index is 205. The first kappa shape index (κ1) is 12.6. The Balaban J connectivity index is 0. The van der Waals surface area contributed by atoms with Crippen molar-refractivity contribution in [2.75, 3.05) is 0 Å². The van der Waals surface area contributed by atoms with Crippen molar-refractivity contribution in [1.29, 1.82) is 0 Å². The van der Waals surface area contributed by atoms with Crippen LogP contribution in [0.1, 0.15) is 12.7 Å². The molecule has 10 heavy (non-hydrogen) atoms. The zero-order valence-corrected chi connectivity index (χ0v) is 8.59. The molecule has 0 spiro atoms. The standard InChI is InChI=1S/C3H3N2O2.C2H5.Y/c1-2-4-3(6)7-5-2;1-2;/h1H2,(H,4,5,6);1H2,2H3;/q2*-1;. The van der Waals surface area contributed by atoms with E-state index in [2.05, 4.69) is 28.5 Å². The van der Waals surface area contributed by atoms with Crippen molar-refractivity contribution < 1.29 is 37.2 Å². The van der Waals surface area contributed by atoms with Crippen LogP contribution in [0, 0.1) is 13.8 Å². The van der Waals surface area contributed by atoms with E-state index in [4.69, 9.17) is 0 Å². The van der Waals surface area contributed by atoms with E-state index < -0.39 is 5.76 Å². The number of aromatic amines is 1. The minimum atomic E-state index is -0.565. The molecule has 5 heteroatoms. The van der Waals surface area contributed by atoms with Gasteiger partial charge in [0.25, 0.3) is 0 Å². The van der Waals surface area contributed by atoms with E-state index in [9.17, 15) is 4.79 Å². The number of nitrogens with one attached hydrogen (secondary N) is 1. The first-order chi connectivity index (χ1) is 4.29. The molecule has 0 saturated heterocycles. The molecule has 0 saturated carbocycles. The van der Waals surface area contributed by atoms with E-state index in [1.165, 1.54) is 0 Å². The average molecular weight is 217 g/mol. The Morgan fingerprint density at radius 2 is 2.10 bits per heavy atom. The molecule has 0 unspecified atom stereocenters. The van der Waals surface area contributed by atoms with Crippen LogP contribution in [0.25, 0.3) is 0 Å². The van der Waals surface area contributed by atoms with Gasteiger partial charge in [-0.25, -0.2) is 4.79 Å². The monoisotopic (exact) mass is 217 g/mol. The van der Waals surface area contributed by atoms with Gasteiger partial charge in [0.15, 0.2) is 0 Å². The minimum Gasteiger partial charge on any atom is -0.346 e. The third-order valence-corrected chi connectivity index (χ3v) is 0.485. The van der Waals surface area contributed by atoms with Crippen LogP contribution in [-0.2, 0) is 32.7 Å². The molecule has 1 heterocycles. The summed E-state index contributed by atoms with van der Waals surface area (Å²) in [5, 5.41) is 3.16. The normalized spacial score (nSPS) is 7.00. The van der Waals surface area contributed by atoms with Crippen LogP contribution in [-0.4, -0.2) is 10.1 Å². The second kappa shape index (κ2) is 7.03. The second-order valence-electron chi connectivity index (χ2n) is 1.04. The molecular formula is C5H8N2O2Y-2. The van der Waals surface area contributed by atoms with Gasteiger partial charge in [0, 0.05) is 38.5 Å². The van der Waals surface area contributed by atoms with Crippen LogP contribution in [0.3, 0.4) is 0 Å². The first-order valence-corrected chi connectivity index (χ1v) is 2.38. The summed E-state index contributed by atoms with van der Waals surface area (Å²) in [6.45, 7) is 8.28. The summed E-state index contributed by atoms with van der Waals surface area (Å²) in [5.41, 5.74) is 0. The molecule has 55 valence electrons. The van der Waals surface area contributed by atoms with Crippen molar-refractivity contribution in [3.05, 3.63) is 30.2 Å². The summed E-state index contributed by atoms with van der Waals surface area (Å²) in [5.74, 6) is -0.310. The molecule has 0 fully saturated rings. The van der Waals surface area contributed by atoms with Crippen molar-refractivity contribution >= 4 is 0 Å². The van der Waals surface area contributed by atoms with Gasteiger partial charge in [0.1, 0.15) is 0 Å². The van der Waals surface area contributed by atoms with Gasteiger partial charge in [-0.1, -0.05) is 5.16 Å². The van der Waals surface area contributed by atoms with Crippen LogP contribution in [0.15, 0.2) is 9.32 Å². The van der Waals surface area contributed by atoms with Gasteiger partial charge in [0.2, 0.25) is 0 Å². The van der Waals surface area contributed by atoms with Crippen LogP contribution in [0.2, 0.25) is 0 Å². The predicted octanol–water partition coefficient (Wildman–Crippen LogP) is 0.383. The summed E-state index contributed by atoms with van der Waals surface area (Å²) in [4.78, 5) is 12.2. The largest absolute Gasteiger partial charge is 0.436 e. The fourth-order valence-corrected chi connectivity index (χ4v) is 0.260. The Morgan fingerprint density at radius 3 is 2.20 bits per heavy atom. The number of nitrogens with zero attached hydrogens (tertiary/aromatic N) is 1. The molecule has 0 aliphatic heterocycles. The van der Waals surface area contributed by atoms with E-state index in [1.54, 1.807) is 6.92 Å². The molecular weight excluding hydrogens is 209 g/mol. The maximum Gasteiger partial charge on any atom is 0.436 e. The van der Waals surface area contributed by atoms with Crippen LogP contribution < -0.4 is 5.76 Å². The van der Waals surface area contributed by atoms with E-state index in [0.717, 1.165) is 0 Å². The molecule has 1 N–H and O–H groups in total. The third-order valence-electron chi connectivity index (χ3n) is 0.485. The van der Waals surface area contributed by atoms with E-state index >= 15 is 0 Å². The Hall–Kier alpha value is -0.0861. The number of hydrogen-bond acceptors (Lipinski definition) is 3. The Labute approximate surface area is 84.3 Å². The molecule has 0 bridgehead atoms. The van der Waals surface area contributed by atoms with Gasteiger partial charge in [-0.3, -0.25) is 4.52 Å². The summed E-state index contributed by atoms with van der Waals surface area (Å²) in [7, 11) is 0. The number of aromatic nitrogens is 2. The Kier molecular flexibility index (Phi) is 8.84. The quantitative estimate of drug-likeness (QED) is 0.639. The maximum absolute atomic E-state index is 9.97. The van der Waals surface area contributed by atoms with Crippen molar-refractivity contribution in [2.24, 2.45) is 0 Å². The molecule has 1 rings (SSSR count). The van der Waals surface area contributed by atoms with Gasteiger partial charge in [-0.05, 0) is 0 Å². The fourth-order valence-electron chi connectivity index (χ4n) is 0.260. The van der Waals surface area contributed by atoms with Gasteiger partial charge >= 0.3 is 5.76 Å². The SMILES string of the molecule is [CH2-]C.[CH2-]c1noc(=O)[nH]1.[Y]. The second-order valence-corrected chi connectivity index (χ2v) is 1.04. The van der Waals surface area contributed by atoms with Crippen LogP contribution >= 0.6 is 0 Å². The van der Waals surface area contributed by atoms with E-state index in [0.29, 0.717) is 0 Å². The van der Waals surface area contributed by atoms with E-state index in [-0.39, 0.29) is 38.5 Å².